The number of hydrogen-bond donors (Lipinski definition) is 0. The van der Waals surface area contributed by atoms with Gasteiger partial charge in [-0.1, -0.05) is 6.07 Å². The monoisotopic (exact) mass is 241 g/mol. The van der Waals surface area contributed by atoms with Crippen LogP contribution in [0, 0.1) is 0 Å². The summed E-state index contributed by atoms with van der Waals surface area (Å²) in [5.41, 5.74) is 0.863. The van der Waals surface area contributed by atoms with Crippen molar-refractivity contribution in [3.8, 4) is 0 Å². The summed E-state index contributed by atoms with van der Waals surface area (Å²) < 4.78 is 21.1. The van der Waals surface area contributed by atoms with Gasteiger partial charge >= 0.3 is 0 Å². The van der Waals surface area contributed by atoms with Crippen LogP contribution in [0.2, 0.25) is 0 Å². The third-order valence-corrected chi connectivity index (χ3v) is 2.54. The predicted molar refractivity (Wildman–Crippen MR) is 46.3 cm³/mol. The molecule has 1 aromatic heterocycles. The molecule has 0 fully saturated rings. The van der Waals surface area contributed by atoms with Gasteiger partial charge < -0.3 is 12.4 Å². The van der Waals surface area contributed by atoms with Gasteiger partial charge in [0.05, 0.1) is 5.75 Å². The molecular formula is C7H9Cl2NO2S. The van der Waals surface area contributed by atoms with Gasteiger partial charge in [0.1, 0.15) is 0 Å². The van der Waals surface area contributed by atoms with Crippen molar-refractivity contribution in [2.75, 3.05) is 5.75 Å². The highest BCUT2D eigenvalue weighted by Gasteiger charge is 2.08. The second-order valence-electron chi connectivity index (χ2n) is 2.38. The summed E-state index contributed by atoms with van der Waals surface area (Å²) in [7, 11) is 1.67. The average Bonchev–Trinajstić information content (AvgIpc) is 2.02. The van der Waals surface area contributed by atoms with Crippen LogP contribution in [0.1, 0.15) is 5.69 Å². The van der Waals surface area contributed by atoms with Gasteiger partial charge in [0, 0.05) is 29.2 Å². The molecule has 0 saturated carbocycles. The normalized spacial score (nSPS) is 10.5. The third-order valence-electron chi connectivity index (χ3n) is 1.39. The van der Waals surface area contributed by atoms with E-state index >= 15 is 0 Å². The molecule has 0 aliphatic rings. The number of nitrogens with one attached hydrogen (secondary N) is 1. The summed E-state index contributed by atoms with van der Waals surface area (Å²) in [6.45, 7) is 0. The van der Waals surface area contributed by atoms with Crippen LogP contribution in [0.4, 0.5) is 0 Å². The van der Waals surface area contributed by atoms with Crippen molar-refractivity contribution in [3.05, 3.63) is 30.1 Å². The van der Waals surface area contributed by atoms with E-state index in [1.165, 1.54) is 0 Å². The van der Waals surface area contributed by atoms with Crippen LogP contribution < -0.4 is 17.4 Å². The Hall–Kier alpha value is -0.320. The number of aromatic amines is 1. The molecule has 0 spiro atoms. The molecular weight excluding hydrogens is 233 g/mol. The van der Waals surface area contributed by atoms with Gasteiger partial charge in [0.25, 0.3) is 0 Å². The number of halogens is 2. The van der Waals surface area contributed by atoms with Crippen molar-refractivity contribution in [1.29, 1.82) is 0 Å². The van der Waals surface area contributed by atoms with Crippen molar-refractivity contribution in [2.45, 2.75) is 6.42 Å². The number of H-pyrrole nitrogens is 1. The summed E-state index contributed by atoms with van der Waals surface area (Å²) in [4.78, 5) is 2.92. The van der Waals surface area contributed by atoms with Crippen LogP contribution >= 0.6 is 10.7 Å². The van der Waals surface area contributed by atoms with Crippen molar-refractivity contribution in [2.24, 2.45) is 0 Å². The van der Waals surface area contributed by atoms with Gasteiger partial charge in [-0.15, -0.1) is 0 Å². The lowest BCUT2D eigenvalue weighted by molar-refractivity contribution is -0.389. The van der Waals surface area contributed by atoms with E-state index in [1.54, 1.807) is 6.20 Å². The highest BCUT2D eigenvalue weighted by Crippen LogP contribution is 1.99. The standard InChI is InChI=1S/C7H8ClNO2S.ClH/c8-12(10,11)6-4-7-3-1-2-5-9-7;/h1-3,5H,4,6H2;1H. The van der Waals surface area contributed by atoms with Crippen molar-refractivity contribution >= 4 is 19.7 Å². The minimum Gasteiger partial charge on any atom is -1.00 e. The van der Waals surface area contributed by atoms with E-state index in [0.29, 0.717) is 6.42 Å². The quantitative estimate of drug-likeness (QED) is 0.555. The summed E-state index contributed by atoms with van der Waals surface area (Å²) >= 11 is 0. The van der Waals surface area contributed by atoms with Crippen LogP contribution in [-0.2, 0) is 15.5 Å². The van der Waals surface area contributed by atoms with Gasteiger partial charge in [-0.2, -0.15) is 0 Å². The molecule has 6 heteroatoms. The summed E-state index contributed by atoms with van der Waals surface area (Å²) in [5, 5.41) is 0. The van der Waals surface area contributed by atoms with Crippen molar-refractivity contribution in [1.82, 2.24) is 0 Å². The fourth-order valence-electron chi connectivity index (χ4n) is 0.818. The zero-order chi connectivity index (χ0) is 9.03. The van der Waals surface area contributed by atoms with Crippen molar-refractivity contribution in [3.63, 3.8) is 0 Å². The van der Waals surface area contributed by atoms with Crippen LogP contribution in [-0.4, -0.2) is 14.2 Å². The molecule has 0 radical (unpaired) electrons. The second-order valence-corrected chi connectivity index (χ2v) is 5.28. The highest BCUT2D eigenvalue weighted by atomic mass is 35.7. The first-order chi connectivity index (χ1) is 5.58. The smallest absolute Gasteiger partial charge is 0.233 e. The molecule has 1 N–H and O–H groups in total. The maximum Gasteiger partial charge on any atom is 0.233 e. The molecule has 13 heavy (non-hydrogen) atoms. The van der Waals surface area contributed by atoms with Gasteiger partial charge in [-0.05, 0) is 0 Å². The first-order valence-corrected chi connectivity index (χ1v) is 5.94. The molecule has 0 saturated heterocycles. The zero-order valence-corrected chi connectivity index (χ0v) is 9.03. The summed E-state index contributed by atoms with van der Waals surface area (Å²) in [6.07, 6.45) is 2.17. The summed E-state index contributed by atoms with van der Waals surface area (Å²) in [5.74, 6) is -0.0327. The van der Waals surface area contributed by atoms with E-state index in [-0.39, 0.29) is 18.2 Å². The topological polar surface area (TPSA) is 48.3 Å². The Labute approximate surface area is 88.0 Å². The van der Waals surface area contributed by atoms with Gasteiger partial charge in [-0.25, -0.2) is 13.4 Å². The first kappa shape index (κ1) is 12.7. The molecule has 0 aliphatic heterocycles. The van der Waals surface area contributed by atoms with Crippen LogP contribution in [0.3, 0.4) is 0 Å². The van der Waals surface area contributed by atoms with E-state index in [9.17, 15) is 8.42 Å². The lowest BCUT2D eigenvalue weighted by atomic mass is 10.3. The fourth-order valence-corrected chi connectivity index (χ4v) is 1.51. The Morgan fingerprint density at radius 2 is 2.08 bits per heavy atom. The minimum atomic E-state index is -3.37. The Bertz CT molecular complexity index is 339. The number of aryl methyl sites for hydroxylation is 1. The first-order valence-electron chi connectivity index (χ1n) is 3.46. The van der Waals surface area contributed by atoms with E-state index in [1.807, 2.05) is 18.2 Å². The van der Waals surface area contributed by atoms with Gasteiger partial charge in [0.2, 0.25) is 9.05 Å². The largest absolute Gasteiger partial charge is 1.00 e. The van der Waals surface area contributed by atoms with Crippen LogP contribution in [0.25, 0.3) is 0 Å². The molecule has 0 aromatic carbocycles. The molecule has 0 unspecified atom stereocenters. The van der Waals surface area contributed by atoms with Gasteiger partial charge in [-0.3, -0.25) is 0 Å². The summed E-state index contributed by atoms with van der Waals surface area (Å²) in [6, 6.07) is 5.49. The maximum atomic E-state index is 10.6. The van der Waals surface area contributed by atoms with E-state index in [0.717, 1.165) is 5.69 Å². The van der Waals surface area contributed by atoms with Gasteiger partial charge in [0.15, 0.2) is 11.9 Å². The molecule has 0 atom stereocenters. The number of pyridine rings is 1. The van der Waals surface area contributed by atoms with Crippen molar-refractivity contribution < 1.29 is 25.8 Å². The lowest BCUT2D eigenvalue weighted by Gasteiger charge is -1.91. The van der Waals surface area contributed by atoms with E-state index in [2.05, 4.69) is 4.98 Å². The SMILES string of the molecule is O=S(=O)(Cl)CCc1cccc[nH+]1.[Cl-]. The van der Waals surface area contributed by atoms with Crippen LogP contribution in [0.15, 0.2) is 24.4 Å². The predicted octanol–water partition coefficient (Wildman–Crippen LogP) is -2.38. The molecule has 0 bridgehead atoms. The molecule has 1 rings (SSSR count). The Kier molecular flexibility index (Phi) is 5.29. The third kappa shape index (κ3) is 5.85. The van der Waals surface area contributed by atoms with E-state index in [4.69, 9.17) is 10.7 Å². The maximum absolute atomic E-state index is 10.6. The van der Waals surface area contributed by atoms with E-state index < -0.39 is 9.05 Å². The zero-order valence-electron chi connectivity index (χ0n) is 6.70. The molecule has 0 aliphatic carbocycles. The Morgan fingerprint density at radius 1 is 1.38 bits per heavy atom. The average molecular weight is 242 g/mol. The second kappa shape index (κ2) is 5.42. The molecule has 1 aromatic rings. The molecule has 74 valence electrons. The Balaban J connectivity index is 0.00000144. The number of aromatic nitrogens is 1. The molecule has 0 amide bonds. The number of rotatable bonds is 3. The number of hydrogen-bond acceptors (Lipinski definition) is 2. The highest BCUT2D eigenvalue weighted by molar-refractivity contribution is 8.13. The molecule has 3 nitrogen and oxygen atoms in total. The lowest BCUT2D eigenvalue weighted by Crippen LogP contribution is -3.00. The fraction of sp³-hybridized carbons (Fsp3) is 0.286. The minimum absolute atomic E-state index is 0. The Morgan fingerprint density at radius 3 is 2.54 bits per heavy atom. The van der Waals surface area contributed by atoms with Crippen LogP contribution in [0.5, 0.6) is 0 Å². The molecule has 1 heterocycles.